The van der Waals surface area contributed by atoms with Crippen LogP contribution in [0.5, 0.6) is 0 Å². The van der Waals surface area contributed by atoms with Crippen molar-refractivity contribution in [3.05, 3.63) is 47.0 Å². The van der Waals surface area contributed by atoms with E-state index in [-0.39, 0.29) is 5.57 Å². The quantitative estimate of drug-likeness (QED) is 0.359. The molecule has 0 unspecified atom stereocenters. The molecule has 0 aliphatic carbocycles. The van der Waals surface area contributed by atoms with Crippen LogP contribution in [0.15, 0.2) is 35.9 Å². The first-order valence-electron chi connectivity index (χ1n) is 7.45. The highest BCUT2D eigenvalue weighted by atomic mass is 16.6. The van der Waals surface area contributed by atoms with Crippen LogP contribution < -0.4 is 0 Å². The molecular formula is C19H22O5. The molecule has 0 spiro atoms. The third-order valence-corrected chi connectivity index (χ3v) is 2.89. The first-order valence-corrected chi connectivity index (χ1v) is 7.45. The van der Waals surface area contributed by atoms with Crippen LogP contribution in [0, 0.1) is 0 Å². The number of benzene rings is 1. The van der Waals surface area contributed by atoms with E-state index in [1.165, 1.54) is 26.2 Å². The largest absolute Gasteiger partial charge is 0.465 e. The first kappa shape index (κ1) is 19.4. The summed E-state index contributed by atoms with van der Waals surface area (Å²) in [5, 5.41) is 0. The van der Waals surface area contributed by atoms with E-state index >= 15 is 0 Å². The van der Waals surface area contributed by atoms with Gasteiger partial charge in [0.15, 0.2) is 5.78 Å². The normalized spacial score (nSPS) is 12.1. The molecule has 0 saturated carbocycles. The fourth-order valence-corrected chi connectivity index (χ4v) is 1.86. The average Bonchev–Trinajstić information content (AvgIpc) is 2.48. The Balaban J connectivity index is 3.14. The van der Waals surface area contributed by atoms with Crippen molar-refractivity contribution in [2.75, 3.05) is 7.11 Å². The second-order valence-corrected chi connectivity index (χ2v) is 6.10. The van der Waals surface area contributed by atoms with E-state index < -0.39 is 23.3 Å². The smallest absolute Gasteiger partial charge is 0.341 e. The predicted octanol–water partition coefficient (Wildman–Crippen LogP) is 3.19. The molecule has 0 aromatic heterocycles. The minimum Gasteiger partial charge on any atom is -0.465 e. The number of methoxy groups -OCH3 is 1. The van der Waals surface area contributed by atoms with Crippen molar-refractivity contribution >= 4 is 29.9 Å². The van der Waals surface area contributed by atoms with Crippen LogP contribution in [0.2, 0.25) is 0 Å². The monoisotopic (exact) mass is 330 g/mol. The van der Waals surface area contributed by atoms with Crippen molar-refractivity contribution in [3.63, 3.8) is 0 Å². The maximum Gasteiger partial charge on any atom is 0.341 e. The van der Waals surface area contributed by atoms with Gasteiger partial charge in [0, 0.05) is 6.08 Å². The van der Waals surface area contributed by atoms with Crippen LogP contribution in [0.4, 0.5) is 0 Å². The van der Waals surface area contributed by atoms with E-state index in [2.05, 4.69) is 4.74 Å². The Hall–Kier alpha value is -2.69. The summed E-state index contributed by atoms with van der Waals surface area (Å²) in [6.45, 7) is 6.64. The SMILES string of the molecule is COC(=O)C(=Cc1ccccc1C=CC(=O)OC(C)(C)C)C(C)=O. The molecule has 0 aliphatic rings. The van der Waals surface area contributed by atoms with Crippen molar-refractivity contribution < 1.29 is 23.9 Å². The number of hydrogen-bond acceptors (Lipinski definition) is 5. The van der Waals surface area contributed by atoms with Crippen molar-refractivity contribution in [3.8, 4) is 0 Å². The van der Waals surface area contributed by atoms with Gasteiger partial charge >= 0.3 is 11.9 Å². The molecule has 0 atom stereocenters. The highest BCUT2D eigenvalue weighted by molar-refractivity contribution is 6.19. The summed E-state index contributed by atoms with van der Waals surface area (Å²) in [6, 6.07) is 7.06. The summed E-state index contributed by atoms with van der Waals surface area (Å²) >= 11 is 0. The number of carbonyl (C=O) groups excluding carboxylic acids is 3. The number of ether oxygens (including phenoxy) is 2. The number of esters is 2. The molecular weight excluding hydrogens is 308 g/mol. The van der Waals surface area contributed by atoms with E-state index in [0.29, 0.717) is 11.1 Å². The molecule has 0 bridgehead atoms. The molecule has 5 nitrogen and oxygen atoms in total. The average molecular weight is 330 g/mol. The van der Waals surface area contributed by atoms with Crippen LogP contribution in [0.3, 0.4) is 0 Å². The second-order valence-electron chi connectivity index (χ2n) is 6.10. The molecule has 128 valence electrons. The molecule has 24 heavy (non-hydrogen) atoms. The molecule has 0 fully saturated rings. The van der Waals surface area contributed by atoms with Crippen LogP contribution in [0.25, 0.3) is 12.2 Å². The summed E-state index contributed by atoms with van der Waals surface area (Å²) in [5.74, 6) is -1.57. The zero-order chi connectivity index (χ0) is 18.3. The van der Waals surface area contributed by atoms with E-state index in [1.54, 1.807) is 51.1 Å². The lowest BCUT2D eigenvalue weighted by Gasteiger charge is -2.17. The Morgan fingerprint density at radius 2 is 1.62 bits per heavy atom. The summed E-state index contributed by atoms with van der Waals surface area (Å²) < 4.78 is 9.82. The number of Topliss-reactive ketones (excluding diaryl/α,β-unsaturated/α-hetero) is 1. The Kier molecular flexibility index (Phi) is 6.65. The maximum absolute atomic E-state index is 11.8. The Bertz CT molecular complexity index is 690. The molecule has 5 heteroatoms. The molecule has 0 radical (unpaired) electrons. The molecule has 0 amide bonds. The highest BCUT2D eigenvalue weighted by Gasteiger charge is 2.16. The van der Waals surface area contributed by atoms with Gasteiger partial charge in [-0.25, -0.2) is 9.59 Å². The van der Waals surface area contributed by atoms with Crippen LogP contribution in [-0.2, 0) is 23.9 Å². The van der Waals surface area contributed by atoms with Gasteiger partial charge in [-0.05, 0) is 51.0 Å². The van der Waals surface area contributed by atoms with Crippen molar-refractivity contribution in [1.82, 2.24) is 0 Å². The Morgan fingerprint density at radius 1 is 1.04 bits per heavy atom. The first-order chi connectivity index (χ1) is 11.1. The van der Waals surface area contributed by atoms with Crippen LogP contribution >= 0.6 is 0 Å². The summed E-state index contributed by atoms with van der Waals surface area (Å²) in [7, 11) is 1.22. The van der Waals surface area contributed by atoms with Crippen molar-refractivity contribution in [1.29, 1.82) is 0 Å². The molecule has 0 heterocycles. The zero-order valence-corrected chi connectivity index (χ0v) is 14.6. The van der Waals surface area contributed by atoms with Gasteiger partial charge in [0.25, 0.3) is 0 Å². The van der Waals surface area contributed by atoms with E-state index in [0.717, 1.165) is 0 Å². The van der Waals surface area contributed by atoms with Gasteiger partial charge in [0.1, 0.15) is 11.2 Å². The fourth-order valence-electron chi connectivity index (χ4n) is 1.86. The summed E-state index contributed by atoms with van der Waals surface area (Å²) in [5.41, 5.74) is 0.655. The number of rotatable bonds is 5. The van der Waals surface area contributed by atoms with Gasteiger partial charge < -0.3 is 9.47 Å². The van der Waals surface area contributed by atoms with Crippen molar-refractivity contribution in [2.45, 2.75) is 33.3 Å². The molecule has 0 N–H and O–H groups in total. The van der Waals surface area contributed by atoms with E-state index in [4.69, 9.17) is 4.74 Å². The number of carbonyl (C=O) groups is 3. The minimum absolute atomic E-state index is 0.0596. The second kappa shape index (κ2) is 8.24. The van der Waals surface area contributed by atoms with E-state index in [9.17, 15) is 14.4 Å². The van der Waals surface area contributed by atoms with Crippen LogP contribution in [-0.4, -0.2) is 30.4 Å². The summed E-state index contributed by atoms with van der Waals surface area (Å²) in [6.07, 6.45) is 4.33. The zero-order valence-electron chi connectivity index (χ0n) is 14.6. The number of hydrogen-bond donors (Lipinski definition) is 0. The minimum atomic E-state index is -0.701. The van der Waals surface area contributed by atoms with Gasteiger partial charge in [-0.2, -0.15) is 0 Å². The third kappa shape index (κ3) is 6.20. The van der Waals surface area contributed by atoms with Crippen molar-refractivity contribution in [2.24, 2.45) is 0 Å². The third-order valence-electron chi connectivity index (χ3n) is 2.89. The predicted molar refractivity (Wildman–Crippen MR) is 92.0 cm³/mol. The van der Waals surface area contributed by atoms with Gasteiger partial charge in [-0.3, -0.25) is 4.79 Å². The Morgan fingerprint density at radius 3 is 2.12 bits per heavy atom. The number of ketones is 1. The Labute approximate surface area is 142 Å². The van der Waals surface area contributed by atoms with Gasteiger partial charge in [-0.15, -0.1) is 0 Å². The summed E-state index contributed by atoms with van der Waals surface area (Å²) in [4.78, 5) is 35.1. The van der Waals surface area contributed by atoms with Crippen LogP contribution in [0.1, 0.15) is 38.8 Å². The lowest BCUT2D eigenvalue weighted by atomic mass is 10.0. The highest BCUT2D eigenvalue weighted by Crippen LogP contribution is 2.17. The molecule has 1 aromatic carbocycles. The fraction of sp³-hybridized carbons (Fsp3) is 0.316. The standard InChI is InChI=1S/C19H22O5/c1-13(20)16(18(22)23-5)12-15-9-7-6-8-14(15)10-11-17(21)24-19(2,3)4/h6-12H,1-5H3. The molecule has 1 rings (SSSR count). The molecule has 1 aromatic rings. The lowest BCUT2D eigenvalue weighted by Crippen LogP contribution is -2.22. The van der Waals surface area contributed by atoms with E-state index in [1.807, 2.05) is 0 Å². The molecule has 0 saturated heterocycles. The van der Waals surface area contributed by atoms with Gasteiger partial charge in [0.2, 0.25) is 0 Å². The van der Waals surface area contributed by atoms with Gasteiger partial charge in [0.05, 0.1) is 7.11 Å². The maximum atomic E-state index is 11.8. The van der Waals surface area contributed by atoms with Gasteiger partial charge in [-0.1, -0.05) is 24.3 Å². The topological polar surface area (TPSA) is 69.7 Å². The lowest BCUT2D eigenvalue weighted by molar-refractivity contribution is -0.148. The molecule has 0 aliphatic heterocycles.